The molecule has 0 amide bonds. The third kappa shape index (κ3) is 10.3. The average molecular weight is 889 g/mol. The van der Waals surface area contributed by atoms with Gasteiger partial charge in [0.05, 0.1) is 0 Å². The number of hydrogen-bond donors (Lipinski definition) is 0. The van der Waals surface area contributed by atoms with Crippen molar-refractivity contribution in [1.29, 1.82) is 0 Å². The molecule has 2 nitrogen and oxygen atoms in total. The van der Waals surface area contributed by atoms with E-state index in [1.165, 1.54) is 22.3 Å². The van der Waals surface area contributed by atoms with Crippen molar-refractivity contribution in [3.63, 3.8) is 0 Å². The molecule has 0 saturated heterocycles. The van der Waals surface area contributed by atoms with Crippen LogP contribution in [0.2, 0.25) is 0 Å². The molecule has 0 heterocycles. The summed E-state index contributed by atoms with van der Waals surface area (Å²) in [6, 6.07) is 53.0. The molecule has 0 unspecified atom stereocenters. The molecule has 6 aromatic rings. The van der Waals surface area contributed by atoms with Gasteiger partial charge in [0.1, 0.15) is 0 Å². The van der Waals surface area contributed by atoms with Gasteiger partial charge in [-0.2, -0.15) is 0 Å². The van der Waals surface area contributed by atoms with E-state index in [2.05, 4.69) is 119 Å². The Hall–Kier alpha value is -3.24. The molecule has 0 fully saturated rings. The minimum Gasteiger partial charge on any atom is 2.00 e. The van der Waals surface area contributed by atoms with E-state index in [1.54, 1.807) is 0 Å². The maximum atomic E-state index is 14.9. The third-order valence-electron chi connectivity index (χ3n) is 10.9. The first kappa shape index (κ1) is 46.5. The summed E-state index contributed by atoms with van der Waals surface area (Å²) in [5, 5.41) is 5.60. The van der Waals surface area contributed by atoms with Crippen LogP contribution in [-0.4, -0.2) is 0 Å². The van der Waals surface area contributed by atoms with Crippen LogP contribution in [0.1, 0.15) is 105 Å². The van der Waals surface area contributed by atoms with Crippen LogP contribution in [0.25, 0.3) is 0 Å². The minimum absolute atomic E-state index is 0. The van der Waals surface area contributed by atoms with Gasteiger partial charge >= 0.3 is 362 Å². The predicted molar refractivity (Wildman–Crippen MR) is 248 cm³/mol. The molecule has 6 aromatic carbocycles. The molecule has 0 atom stereocenters. The number of benzene rings is 6. The Balaban J connectivity index is 0.000000248. The van der Waals surface area contributed by atoms with Crippen molar-refractivity contribution < 1.29 is 30.2 Å². The van der Waals surface area contributed by atoms with Crippen LogP contribution in [0.3, 0.4) is 0 Å². The molecule has 0 saturated carbocycles. The fourth-order valence-corrected chi connectivity index (χ4v) is 14.4. The van der Waals surface area contributed by atoms with Gasteiger partial charge in [-0.1, -0.05) is 0 Å². The molecule has 0 aliphatic heterocycles. The summed E-state index contributed by atoms with van der Waals surface area (Å²) >= 11 is 0. The predicted octanol–water partition coefficient (Wildman–Crippen LogP) is 9.16. The summed E-state index contributed by atoms with van der Waals surface area (Å²) in [4.78, 5) is 29.7. The Morgan fingerprint density at radius 2 is 0.544 bits per heavy atom. The van der Waals surface area contributed by atoms with E-state index in [0.29, 0.717) is 0 Å². The van der Waals surface area contributed by atoms with Crippen LogP contribution < -0.4 is 41.6 Å². The van der Waals surface area contributed by atoms with E-state index in [4.69, 9.17) is 0 Å². The zero-order valence-corrected chi connectivity index (χ0v) is 39.7. The molecule has 304 valence electrons. The van der Waals surface area contributed by atoms with E-state index >= 15 is 0 Å². The zero-order chi connectivity index (χ0) is 41.2. The van der Waals surface area contributed by atoms with E-state index in [1.807, 2.05) is 121 Å². The molecule has 0 spiro atoms. The van der Waals surface area contributed by atoms with Gasteiger partial charge < -0.3 is 0 Å². The topological polar surface area (TPSA) is 46.1 Å². The summed E-state index contributed by atoms with van der Waals surface area (Å²) in [5.74, 6) is 0. The quantitative estimate of drug-likeness (QED) is 0.124. The van der Waals surface area contributed by atoms with Gasteiger partial charge in [0, 0.05) is 0 Å². The summed E-state index contributed by atoms with van der Waals surface area (Å²) in [7, 11) is -6.73. The molecule has 0 aliphatic carbocycles. The van der Waals surface area contributed by atoms with E-state index in [0.717, 1.165) is 31.8 Å². The molecule has 5 heteroatoms. The molecule has 6 rings (SSSR count). The molecule has 0 N–H and O–H groups in total. The van der Waals surface area contributed by atoms with Crippen molar-refractivity contribution >= 4 is 46.8 Å². The van der Waals surface area contributed by atoms with Crippen molar-refractivity contribution in [3.8, 4) is 0 Å². The summed E-state index contributed by atoms with van der Waals surface area (Å²) in [5.41, 5.74) is 4.78. The van der Waals surface area contributed by atoms with Gasteiger partial charge in [-0.15, -0.1) is 0 Å². The first-order chi connectivity index (χ1) is 26.1. The van der Waals surface area contributed by atoms with Crippen molar-refractivity contribution in [2.24, 2.45) is 0 Å². The summed E-state index contributed by atoms with van der Waals surface area (Å²) in [6.07, 6.45) is 0. The molecule has 0 aliphatic rings. The Bertz CT molecular complexity index is 1950. The molecule has 0 aromatic heterocycles. The van der Waals surface area contributed by atoms with Crippen LogP contribution in [0.4, 0.5) is 0 Å². The van der Waals surface area contributed by atoms with Gasteiger partial charge in [0.25, 0.3) is 0 Å². The average Bonchev–Trinajstić information content (AvgIpc) is 3.17. The van der Waals surface area contributed by atoms with Crippen molar-refractivity contribution in [3.05, 3.63) is 180 Å². The molecule has 0 radical (unpaired) electrons. The van der Waals surface area contributed by atoms with Crippen LogP contribution >= 0.6 is 15.0 Å². The monoisotopic (exact) mass is 888 g/mol. The zero-order valence-electron chi connectivity index (χ0n) is 36.1. The summed E-state index contributed by atoms with van der Waals surface area (Å²) < 4.78 is 0. The fraction of sp³-hybridized carbons (Fsp3) is 0.308. The largest absolute Gasteiger partial charge is 2.00 e. The molecule has 57 heavy (non-hydrogen) atoms. The minimum atomic E-state index is -3.36. The molecular formula is C52H64O2P2Pd. The standard InChI is InChI=1S/2C26H32OP.Pd/c2*1-25(2,3)20-17-18-24(23(19-20)26(4,5)6)28(27,21-13-9-7-10-14-21)22-15-11-8-12-16-22;/h2*7-19,28H,1-6H3;/q2*-1;+2. The fourth-order valence-electron chi connectivity index (χ4n) is 7.52. The second-order valence-corrected chi connectivity index (χ2v) is 25.5. The van der Waals surface area contributed by atoms with Crippen LogP contribution in [0, 0.1) is 0 Å². The van der Waals surface area contributed by atoms with Gasteiger partial charge in [0.15, 0.2) is 0 Å². The normalized spacial score (nSPS) is 13.2. The van der Waals surface area contributed by atoms with Gasteiger partial charge in [-0.3, -0.25) is 0 Å². The molecular weight excluding hydrogens is 825 g/mol. The van der Waals surface area contributed by atoms with Crippen LogP contribution in [0.15, 0.2) is 158 Å². The first-order valence-corrected chi connectivity index (χ1v) is 23.8. The van der Waals surface area contributed by atoms with E-state index in [9.17, 15) is 9.79 Å². The SMILES string of the molecule is CC(C)(C)c1ccc([PH]([O-])(c2ccccc2)c2ccccc2)c(C(C)(C)C)c1.CC(C)(C)c1ccc([PH]([O-])(c2ccccc2)c2ccccc2)c(C(C)(C)C)c1.[Pd+2]. The Labute approximate surface area is 359 Å². The van der Waals surface area contributed by atoms with Gasteiger partial charge in [-0.25, -0.2) is 0 Å². The van der Waals surface area contributed by atoms with E-state index in [-0.39, 0.29) is 42.1 Å². The second-order valence-electron chi connectivity index (χ2n) is 19.3. The number of hydrogen-bond acceptors (Lipinski definition) is 2. The maximum Gasteiger partial charge on any atom is 2.00 e. The number of rotatable bonds is 6. The van der Waals surface area contributed by atoms with Gasteiger partial charge in [0.2, 0.25) is 0 Å². The van der Waals surface area contributed by atoms with Crippen LogP contribution in [0.5, 0.6) is 0 Å². The Morgan fingerprint density at radius 1 is 0.316 bits per heavy atom. The summed E-state index contributed by atoms with van der Waals surface area (Å²) in [6.45, 7) is 26.6. The first-order valence-electron chi connectivity index (χ1n) is 20.0. The van der Waals surface area contributed by atoms with Crippen LogP contribution in [-0.2, 0) is 42.1 Å². The third-order valence-corrected chi connectivity index (χ3v) is 17.8. The van der Waals surface area contributed by atoms with Gasteiger partial charge in [-0.05, 0) is 0 Å². The second kappa shape index (κ2) is 17.9. The van der Waals surface area contributed by atoms with E-state index < -0.39 is 15.0 Å². The van der Waals surface area contributed by atoms with Crippen molar-refractivity contribution in [1.82, 2.24) is 0 Å². The van der Waals surface area contributed by atoms with Crippen molar-refractivity contribution in [2.75, 3.05) is 0 Å². The molecule has 0 bridgehead atoms. The Kier molecular flexibility index (Phi) is 14.6. The smallest absolute Gasteiger partial charge is 2.00 e. The van der Waals surface area contributed by atoms with Crippen molar-refractivity contribution in [2.45, 2.75) is 105 Å². The maximum absolute atomic E-state index is 14.9. The Morgan fingerprint density at radius 3 is 0.737 bits per heavy atom.